The molecule has 0 saturated heterocycles. The molecule has 0 aromatic rings. The Bertz CT molecular complexity index is 130. The molecule has 64 valence electrons. The quantitative estimate of drug-likeness (QED) is 0.337. The average Bonchev–Trinajstić information content (AvgIpc) is 1.99. The lowest BCUT2D eigenvalue weighted by Gasteiger charge is -2.08. The van der Waals surface area contributed by atoms with Gasteiger partial charge in [-0.15, -0.1) is 0 Å². The lowest BCUT2D eigenvalue weighted by Crippen LogP contribution is -2.14. The highest BCUT2D eigenvalue weighted by Gasteiger charge is 1.87. The Balaban J connectivity index is 3.30. The fourth-order valence-corrected chi connectivity index (χ4v) is 0.615. The molecule has 0 aliphatic heterocycles. The van der Waals surface area contributed by atoms with Crippen LogP contribution in [0.5, 0.6) is 0 Å². The maximum Gasteiger partial charge on any atom is 0.0790 e. The Labute approximate surface area is 68.0 Å². The zero-order valence-electron chi connectivity index (χ0n) is 7.49. The van der Waals surface area contributed by atoms with Gasteiger partial charge >= 0.3 is 0 Å². The number of hydrogen-bond acceptors (Lipinski definition) is 4. The van der Waals surface area contributed by atoms with Gasteiger partial charge < -0.3 is 0 Å². The molecule has 0 amide bonds. The monoisotopic (exact) mass is 156 g/mol. The summed E-state index contributed by atoms with van der Waals surface area (Å²) in [7, 11) is 1.92. The van der Waals surface area contributed by atoms with Crippen molar-refractivity contribution < 1.29 is 0 Å². The minimum absolute atomic E-state index is 0.724. The van der Waals surface area contributed by atoms with Crippen LogP contribution in [0, 0.1) is 0 Å². The van der Waals surface area contributed by atoms with Gasteiger partial charge in [-0.3, -0.25) is 5.01 Å². The van der Waals surface area contributed by atoms with Gasteiger partial charge in [-0.05, 0) is 13.8 Å². The van der Waals surface area contributed by atoms with E-state index in [-0.39, 0.29) is 0 Å². The molecule has 11 heavy (non-hydrogen) atoms. The van der Waals surface area contributed by atoms with Gasteiger partial charge in [0, 0.05) is 13.3 Å². The number of rotatable bonds is 5. The second-order valence-electron chi connectivity index (χ2n) is 2.08. The van der Waals surface area contributed by atoms with Crippen molar-refractivity contribution in [3.05, 3.63) is 0 Å². The summed E-state index contributed by atoms with van der Waals surface area (Å²) in [5, 5.41) is 13.6. The number of azo groups is 1. The fourth-order valence-electron chi connectivity index (χ4n) is 0.615. The maximum absolute atomic E-state index is 4.03. The average molecular weight is 156 g/mol. The van der Waals surface area contributed by atoms with Crippen LogP contribution in [0.4, 0.5) is 0 Å². The molecule has 0 rings (SSSR count). The van der Waals surface area contributed by atoms with Gasteiger partial charge in [0.05, 0.1) is 19.6 Å². The Morgan fingerprint density at radius 3 is 2.64 bits per heavy atom. The highest BCUT2D eigenvalue weighted by Crippen LogP contribution is 1.83. The summed E-state index contributed by atoms with van der Waals surface area (Å²) in [5.74, 6) is 0. The molecule has 0 aromatic heterocycles. The van der Waals surface area contributed by atoms with Gasteiger partial charge in [0.2, 0.25) is 0 Å². The molecule has 4 heteroatoms. The molecule has 0 saturated carbocycles. The second-order valence-corrected chi connectivity index (χ2v) is 2.08. The SMILES string of the molecule is C/C=N/N(C)CC/N=N\CC. The third-order valence-electron chi connectivity index (χ3n) is 1.08. The minimum atomic E-state index is 0.724. The Morgan fingerprint density at radius 2 is 2.09 bits per heavy atom. The number of hydrogen-bond donors (Lipinski definition) is 0. The van der Waals surface area contributed by atoms with E-state index in [1.807, 2.05) is 25.9 Å². The van der Waals surface area contributed by atoms with Gasteiger partial charge in [-0.25, -0.2) is 0 Å². The zero-order valence-corrected chi connectivity index (χ0v) is 7.49. The molecule has 0 N–H and O–H groups in total. The van der Waals surface area contributed by atoms with E-state index >= 15 is 0 Å². The summed E-state index contributed by atoms with van der Waals surface area (Å²) in [6.07, 6.45) is 1.76. The van der Waals surface area contributed by atoms with E-state index in [1.165, 1.54) is 0 Å². The summed E-state index contributed by atoms with van der Waals surface area (Å²) in [4.78, 5) is 0. The van der Waals surface area contributed by atoms with Crippen molar-refractivity contribution in [3.63, 3.8) is 0 Å². The van der Waals surface area contributed by atoms with Crippen molar-refractivity contribution in [1.29, 1.82) is 0 Å². The van der Waals surface area contributed by atoms with Crippen molar-refractivity contribution in [2.75, 3.05) is 26.7 Å². The van der Waals surface area contributed by atoms with E-state index < -0.39 is 0 Å². The first kappa shape index (κ1) is 10.1. The van der Waals surface area contributed by atoms with E-state index in [0.717, 1.165) is 19.6 Å². The van der Waals surface area contributed by atoms with E-state index in [0.29, 0.717) is 0 Å². The van der Waals surface area contributed by atoms with Crippen LogP contribution in [-0.2, 0) is 0 Å². The van der Waals surface area contributed by atoms with E-state index in [2.05, 4.69) is 15.3 Å². The van der Waals surface area contributed by atoms with Crippen LogP contribution in [-0.4, -0.2) is 37.9 Å². The number of likely N-dealkylation sites (N-methyl/N-ethyl adjacent to an activating group) is 1. The van der Waals surface area contributed by atoms with Crippen molar-refractivity contribution in [2.45, 2.75) is 13.8 Å². The fraction of sp³-hybridized carbons (Fsp3) is 0.857. The van der Waals surface area contributed by atoms with Crippen LogP contribution in [0.15, 0.2) is 15.3 Å². The van der Waals surface area contributed by atoms with Crippen LogP contribution in [0.2, 0.25) is 0 Å². The first-order chi connectivity index (χ1) is 5.31. The van der Waals surface area contributed by atoms with Crippen molar-refractivity contribution in [2.24, 2.45) is 15.3 Å². The van der Waals surface area contributed by atoms with Crippen LogP contribution in [0.1, 0.15) is 13.8 Å². The molecular formula is C7H16N4. The predicted molar refractivity (Wildman–Crippen MR) is 47.1 cm³/mol. The van der Waals surface area contributed by atoms with E-state index in [1.54, 1.807) is 6.21 Å². The molecule has 0 radical (unpaired) electrons. The molecule has 0 aromatic carbocycles. The molecule has 0 aliphatic rings. The standard InChI is InChI=1S/C7H16N4/c1-4-8-9-6-7-11(3)10-5-2/h5H,4,6-7H2,1-3H3/b9-8-,10-5+. The molecule has 0 heterocycles. The van der Waals surface area contributed by atoms with E-state index in [9.17, 15) is 0 Å². The van der Waals surface area contributed by atoms with Crippen molar-refractivity contribution in [1.82, 2.24) is 5.01 Å². The summed E-state index contributed by atoms with van der Waals surface area (Å²) in [6.45, 7) is 6.18. The molecule has 0 bridgehead atoms. The molecule has 0 fully saturated rings. The topological polar surface area (TPSA) is 40.3 Å². The van der Waals surface area contributed by atoms with Gasteiger partial charge in [0.25, 0.3) is 0 Å². The Kier molecular flexibility index (Phi) is 6.57. The lowest BCUT2D eigenvalue weighted by molar-refractivity contribution is 0.364. The Morgan fingerprint density at radius 1 is 1.36 bits per heavy atom. The minimum Gasteiger partial charge on any atom is -0.299 e. The molecule has 0 unspecified atom stereocenters. The third-order valence-corrected chi connectivity index (χ3v) is 1.08. The lowest BCUT2D eigenvalue weighted by atomic mass is 10.6. The van der Waals surface area contributed by atoms with Gasteiger partial charge in [-0.2, -0.15) is 15.3 Å². The molecular weight excluding hydrogens is 140 g/mol. The number of nitrogens with zero attached hydrogens (tertiary/aromatic N) is 4. The second kappa shape index (κ2) is 7.18. The maximum atomic E-state index is 4.03. The number of hydrazone groups is 1. The predicted octanol–water partition coefficient (Wildman–Crippen LogP) is 1.40. The molecule has 0 spiro atoms. The summed E-state index contributed by atoms with van der Waals surface area (Å²) in [5.41, 5.74) is 0. The van der Waals surface area contributed by atoms with Gasteiger partial charge in [-0.1, -0.05) is 0 Å². The molecule has 4 nitrogen and oxygen atoms in total. The summed E-state index contributed by atoms with van der Waals surface area (Å²) in [6, 6.07) is 0. The van der Waals surface area contributed by atoms with Crippen molar-refractivity contribution in [3.8, 4) is 0 Å². The van der Waals surface area contributed by atoms with Crippen LogP contribution >= 0.6 is 0 Å². The van der Waals surface area contributed by atoms with Crippen LogP contribution in [0.3, 0.4) is 0 Å². The summed E-state index contributed by atoms with van der Waals surface area (Å²) >= 11 is 0. The molecule has 0 atom stereocenters. The van der Waals surface area contributed by atoms with Crippen LogP contribution < -0.4 is 0 Å². The van der Waals surface area contributed by atoms with Gasteiger partial charge in [0.15, 0.2) is 0 Å². The third kappa shape index (κ3) is 6.96. The van der Waals surface area contributed by atoms with Crippen molar-refractivity contribution >= 4 is 6.21 Å². The largest absolute Gasteiger partial charge is 0.299 e. The first-order valence-corrected chi connectivity index (χ1v) is 3.84. The Hall–Kier alpha value is -0.930. The normalized spacial score (nSPS) is 11.5. The smallest absolute Gasteiger partial charge is 0.0790 e. The molecule has 0 aliphatic carbocycles. The highest BCUT2D eigenvalue weighted by molar-refractivity contribution is 5.52. The first-order valence-electron chi connectivity index (χ1n) is 3.84. The van der Waals surface area contributed by atoms with Gasteiger partial charge in [0.1, 0.15) is 0 Å². The zero-order chi connectivity index (χ0) is 8.53. The van der Waals surface area contributed by atoms with E-state index in [4.69, 9.17) is 0 Å². The van der Waals surface area contributed by atoms with Crippen LogP contribution in [0.25, 0.3) is 0 Å². The highest BCUT2D eigenvalue weighted by atomic mass is 15.4. The summed E-state index contributed by atoms with van der Waals surface area (Å²) < 4.78 is 0.